The summed E-state index contributed by atoms with van der Waals surface area (Å²) < 4.78 is 5.64. The standard InChI is InChI=1S/C13H22N3OPS2/c1-5-17-18(20,15-10(2)3)16-13(19)14-12-8-6-11(4)7-9-12/h6-10H,5H2,1-4H3,(H3,14,15,16,19,20). The summed E-state index contributed by atoms with van der Waals surface area (Å²) in [6.07, 6.45) is 0. The minimum absolute atomic E-state index is 0.224. The molecule has 0 saturated carbocycles. The van der Waals surface area contributed by atoms with Crippen molar-refractivity contribution in [2.24, 2.45) is 0 Å². The van der Waals surface area contributed by atoms with E-state index in [0.717, 1.165) is 5.69 Å². The van der Waals surface area contributed by atoms with Gasteiger partial charge in [0, 0.05) is 11.7 Å². The third-order valence-electron chi connectivity index (χ3n) is 2.30. The van der Waals surface area contributed by atoms with Crippen LogP contribution in [0.3, 0.4) is 0 Å². The number of hydrogen-bond acceptors (Lipinski definition) is 3. The highest BCUT2D eigenvalue weighted by Crippen LogP contribution is 2.38. The van der Waals surface area contributed by atoms with Crippen molar-refractivity contribution in [1.29, 1.82) is 0 Å². The van der Waals surface area contributed by atoms with Crippen LogP contribution in [-0.4, -0.2) is 17.8 Å². The first-order valence-electron chi connectivity index (χ1n) is 6.53. The highest BCUT2D eigenvalue weighted by molar-refractivity contribution is 8.10. The number of benzene rings is 1. The van der Waals surface area contributed by atoms with E-state index in [0.29, 0.717) is 11.7 Å². The Labute approximate surface area is 131 Å². The first-order valence-corrected chi connectivity index (χ1v) is 9.66. The van der Waals surface area contributed by atoms with Crippen molar-refractivity contribution >= 4 is 41.4 Å². The summed E-state index contributed by atoms with van der Waals surface area (Å²) in [5.74, 6) is 0. The normalized spacial score (nSPS) is 13.8. The van der Waals surface area contributed by atoms with Crippen molar-refractivity contribution in [3.63, 3.8) is 0 Å². The lowest BCUT2D eigenvalue weighted by Crippen LogP contribution is -2.34. The fraction of sp³-hybridized carbons (Fsp3) is 0.462. The predicted octanol–water partition coefficient (Wildman–Crippen LogP) is 3.54. The molecule has 1 unspecified atom stereocenters. The van der Waals surface area contributed by atoms with E-state index in [1.54, 1.807) is 0 Å². The lowest BCUT2D eigenvalue weighted by Gasteiger charge is -2.27. The van der Waals surface area contributed by atoms with Gasteiger partial charge in [-0.3, -0.25) is 0 Å². The lowest BCUT2D eigenvalue weighted by molar-refractivity contribution is 0.364. The largest absolute Gasteiger partial charge is 0.332 e. The average molecular weight is 331 g/mol. The minimum Gasteiger partial charge on any atom is -0.332 e. The van der Waals surface area contributed by atoms with Gasteiger partial charge in [0.1, 0.15) is 0 Å². The molecule has 1 rings (SSSR count). The molecule has 0 fully saturated rings. The second-order valence-electron chi connectivity index (χ2n) is 4.69. The van der Waals surface area contributed by atoms with Gasteiger partial charge in [-0.1, -0.05) is 17.7 Å². The van der Waals surface area contributed by atoms with Crippen LogP contribution in [0, 0.1) is 6.92 Å². The van der Waals surface area contributed by atoms with Gasteiger partial charge in [0.2, 0.25) is 6.57 Å². The number of nitrogens with one attached hydrogen (secondary N) is 3. The summed E-state index contributed by atoms with van der Waals surface area (Å²) in [6, 6.07) is 8.22. The van der Waals surface area contributed by atoms with Crippen LogP contribution in [0.2, 0.25) is 0 Å². The van der Waals surface area contributed by atoms with Gasteiger partial charge in [-0.05, 0) is 63.9 Å². The molecule has 0 saturated heterocycles. The molecule has 20 heavy (non-hydrogen) atoms. The Morgan fingerprint density at radius 2 is 1.90 bits per heavy atom. The SMILES string of the molecule is CCOP(=S)(NC(=S)Nc1ccc(C)cc1)NC(C)C. The topological polar surface area (TPSA) is 45.3 Å². The van der Waals surface area contributed by atoms with Crippen molar-refractivity contribution in [3.8, 4) is 0 Å². The van der Waals surface area contributed by atoms with E-state index in [1.807, 2.05) is 52.0 Å². The molecule has 4 nitrogen and oxygen atoms in total. The maximum atomic E-state index is 5.64. The quantitative estimate of drug-likeness (QED) is 0.547. The molecule has 0 aromatic heterocycles. The molecule has 0 aliphatic carbocycles. The number of thiocarbonyl (C=S) groups is 1. The number of rotatable bonds is 6. The Kier molecular flexibility index (Phi) is 7.06. The third kappa shape index (κ3) is 6.29. The molecule has 7 heteroatoms. The van der Waals surface area contributed by atoms with Crippen molar-refractivity contribution in [2.75, 3.05) is 11.9 Å². The highest BCUT2D eigenvalue weighted by atomic mass is 32.4. The molecule has 0 spiro atoms. The average Bonchev–Trinajstić information content (AvgIpc) is 2.30. The second kappa shape index (κ2) is 8.05. The molecule has 1 aromatic rings. The molecular formula is C13H22N3OPS2. The van der Waals surface area contributed by atoms with E-state index in [2.05, 4.69) is 15.5 Å². The summed E-state index contributed by atoms with van der Waals surface area (Å²) in [5, 5.41) is 9.94. The van der Waals surface area contributed by atoms with E-state index in [1.165, 1.54) is 5.56 Å². The van der Waals surface area contributed by atoms with Crippen molar-refractivity contribution in [1.82, 2.24) is 10.2 Å². The number of aryl methyl sites for hydroxylation is 1. The first kappa shape index (κ1) is 17.5. The Bertz CT molecular complexity index is 491. The van der Waals surface area contributed by atoms with Crippen LogP contribution >= 0.6 is 18.8 Å². The lowest BCUT2D eigenvalue weighted by atomic mass is 10.2. The highest BCUT2D eigenvalue weighted by Gasteiger charge is 2.19. The van der Waals surface area contributed by atoms with Crippen molar-refractivity contribution < 1.29 is 4.52 Å². The summed E-state index contributed by atoms with van der Waals surface area (Å²) in [6.45, 7) is 6.20. The smallest absolute Gasteiger partial charge is 0.225 e. The van der Waals surface area contributed by atoms with Crippen molar-refractivity contribution in [3.05, 3.63) is 29.8 Å². The Morgan fingerprint density at radius 3 is 2.40 bits per heavy atom. The van der Waals surface area contributed by atoms with E-state index in [9.17, 15) is 0 Å². The maximum absolute atomic E-state index is 5.64. The van der Waals surface area contributed by atoms with Gasteiger partial charge < -0.3 is 14.9 Å². The monoisotopic (exact) mass is 331 g/mol. The summed E-state index contributed by atoms with van der Waals surface area (Å²) in [5.41, 5.74) is 2.13. The molecule has 0 amide bonds. The first-order chi connectivity index (χ1) is 9.34. The van der Waals surface area contributed by atoms with E-state index in [-0.39, 0.29) is 6.04 Å². The molecule has 1 atom stereocenters. The Balaban J connectivity index is 2.66. The van der Waals surface area contributed by atoms with E-state index < -0.39 is 6.57 Å². The van der Waals surface area contributed by atoms with Gasteiger partial charge >= 0.3 is 0 Å². The van der Waals surface area contributed by atoms with Crippen LogP contribution in [0.4, 0.5) is 5.69 Å². The molecule has 0 aliphatic rings. The zero-order valence-electron chi connectivity index (χ0n) is 12.3. The predicted molar refractivity (Wildman–Crippen MR) is 94.7 cm³/mol. The second-order valence-corrected chi connectivity index (χ2v) is 8.48. The number of anilines is 1. The molecule has 112 valence electrons. The van der Waals surface area contributed by atoms with E-state index in [4.69, 9.17) is 28.5 Å². The van der Waals surface area contributed by atoms with Gasteiger partial charge in [-0.2, -0.15) is 0 Å². The molecule has 0 bridgehead atoms. The van der Waals surface area contributed by atoms with Gasteiger partial charge in [0.05, 0.1) is 6.61 Å². The zero-order valence-corrected chi connectivity index (χ0v) is 14.8. The summed E-state index contributed by atoms with van der Waals surface area (Å²) >= 11 is 10.8. The Morgan fingerprint density at radius 1 is 1.30 bits per heavy atom. The molecule has 1 aromatic carbocycles. The van der Waals surface area contributed by atoms with E-state index >= 15 is 0 Å². The van der Waals surface area contributed by atoms with Crippen LogP contribution in [0.25, 0.3) is 0 Å². The zero-order chi connectivity index (χ0) is 15.2. The molecule has 0 heterocycles. The van der Waals surface area contributed by atoms with Crippen molar-refractivity contribution in [2.45, 2.75) is 33.7 Å². The van der Waals surface area contributed by atoms with Crippen LogP contribution in [0.15, 0.2) is 24.3 Å². The Hall–Kier alpha value is -0.520. The summed E-state index contributed by atoms with van der Waals surface area (Å²) in [4.78, 5) is 0. The van der Waals surface area contributed by atoms with Crippen LogP contribution in [0.1, 0.15) is 26.3 Å². The molecule has 0 aliphatic heterocycles. The maximum Gasteiger partial charge on any atom is 0.225 e. The summed E-state index contributed by atoms with van der Waals surface area (Å²) in [7, 11) is 0. The number of hydrogen-bond donors (Lipinski definition) is 3. The fourth-order valence-corrected chi connectivity index (χ4v) is 5.02. The molecule has 3 N–H and O–H groups in total. The van der Waals surface area contributed by atoms with Crippen LogP contribution in [-0.2, 0) is 16.3 Å². The van der Waals surface area contributed by atoms with Gasteiger partial charge in [-0.15, -0.1) is 0 Å². The fourth-order valence-electron chi connectivity index (χ4n) is 1.55. The third-order valence-corrected chi connectivity index (χ3v) is 5.56. The van der Waals surface area contributed by atoms with Crippen LogP contribution < -0.4 is 15.5 Å². The minimum atomic E-state index is -2.35. The van der Waals surface area contributed by atoms with Gasteiger partial charge in [0.25, 0.3) is 0 Å². The van der Waals surface area contributed by atoms with Gasteiger partial charge in [0.15, 0.2) is 5.11 Å². The molecule has 0 radical (unpaired) electrons. The van der Waals surface area contributed by atoms with Gasteiger partial charge in [-0.25, -0.2) is 5.09 Å². The van der Waals surface area contributed by atoms with Crippen LogP contribution in [0.5, 0.6) is 0 Å². The molecular weight excluding hydrogens is 309 g/mol.